The number of amides is 1. The van der Waals surface area contributed by atoms with Crippen LogP contribution in [0.25, 0.3) is 0 Å². The summed E-state index contributed by atoms with van der Waals surface area (Å²) in [6, 6.07) is 2.05. The highest BCUT2D eigenvalue weighted by atomic mass is 16.2. The fourth-order valence-electron chi connectivity index (χ4n) is 2.05. The van der Waals surface area contributed by atoms with E-state index in [0.717, 1.165) is 43.2 Å². The second-order valence-electron chi connectivity index (χ2n) is 6.30. The number of pyridine rings is 1. The van der Waals surface area contributed by atoms with Gasteiger partial charge in [-0.1, -0.05) is 20.8 Å². The number of hydrogen-bond donors (Lipinski definition) is 2. The van der Waals surface area contributed by atoms with Crippen LogP contribution in [0.3, 0.4) is 0 Å². The Morgan fingerprint density at radius 3 is 2.55 bits per heavy atom. The standard InChI is InChI=1S/C15H24N4O/c1-11-9-13(19-7-5-16-6-8-19)17-10-12(11)18-14(20)15(2,3)4/h9-10,16H,5-8H2,1-4H3,(H,18,20). The first kappa shape index (κ1) is 14.8. The van der Waals surface area contributed by atoms with Crippen LogP contribution in [0.2, 0.25) is 0 Å². The van der Waals surface area contributed by atoms with Gasteiger partial charge in [-0.25, -0.2) is 4.98 Å². The highest BCUT2D eigenvalue weighted by molar-refractivity contribution is 5.95. The minimum absolute atomic E-state index is 0.0114. The van der Waals surface area contributed by atoms with Gasteiger partial charge < -0.3 is 15.5 Å². The number of anilines is 2. The summed E-state index contributed by atoms with van der Waals surface area (Å²) >= 11 is 0. The molecule has 0 saturated carbocycles. The summed E-state index contributed by atoms with van der Waals surface area (Å²) in [5, 5.41) is 6.27. The van der Waals surface area contributed by atoms with E-state index in [1.165, 1.54) is 0 Å². The monoisotopic (exact) mass is 276 g/mol. The fraction of sp³-hybridized carbons (Fsp3) is 0.600. The lowest BCUT2D eigenvalue weighted by Crippen LogP contribution is -2.43. The molecule has 1 aliphatic heterocycles. The molecular formula is C15H24N4O. The molecule has 1 saturated heterocycles. The Bertz CT molecular complexity index is 487. The van der Waals surface area contributed by atoms with Gasteiger partial charge in [0.15, 0.2) is 0 Å². The molecule has 20 heavy (non-hydrogen) atoms. The van der Waals surface area contributed by atoms with Crippen molar-refractivity contribution in [1.29, 1.82) is 0 Å². The summed E-state index contributed by atoms with van der Waals surface area (Å²) in [7, 11) is 0. The number of aromatic nitrogens is 1. The fourth-order valence-corrected chi connectivity index (χ4v) is 2.05. The number of carbonyl (C=O) groups is 1. The van der Waals surface area contributed by atoms with E-state index in [1.807, 2.05) is 33.8 Å². The lowest BCUT2D eigenvalue weighted by atomic mass is 9.95. The van der Waals surface area contributed by atoms with Crippen LogP contribution in [-0.4, -0.2) is 37.1 Å². The zero-order valence-electron chi connectivity index (χ0n) is 12.8. The summed E-state index contributed by atoms with van der Waals surface area (Å²) in [6.07, 6.45) is 1.76. The first-order valence-corrected chi connectivity index (χ1v) is 7.12. The van der Waals surface area contributed by atoms with Gasteiger partial charge in [0.2, 0.25) is 5.91 Å². The Balaban J connectivity index is 2.11. The summed E-state index contributed by atoms with van der Waals surface area (Å²) in [6.45, 7) is 11.6. The highest BCUT2D eigenvalue weighted by Gasteiger charge is 2.22. The lowest BCUT2D eigenvalue weighted by molar-refractivity contribution is -0.123. The zero-order valence-corrected chi connectivity index (χ0v) is 12.8. The SMILES string of the molecule is Cc1cc(N2CCNCC2)ncc1NC(=O)C(C)(C)C. The largest absolute Gasteiger partial charge is 0.354 e. The Labute approximate surface area is 120 Å². The molecule has 110 valence electrons. The molecule has 0 aromatic carbocycles. The van der Waals surface area contributed by atoms with Crippen LogP contribution in [-0.2, 0) is 4.79 Å². The van der Waals surface area contributed by atoms with Gasteiger partial charge >= 0.3 is 0 Å². The van der Waals surface area contributed by atoms with Crippen molar-refractivity contribution in [3.63, 3.8) is 0 Å². The zero-order chi connectivity index (χ0) is 14.8. The molecule has 0 unspecified atom stereocenters. The van der Waals surface area contributed by atoms with Crippen molar-refractivity contribution in [1.82, 2.24) is 10.3 Å². The minimum Gasteiger partial charge on any atom is -0.354 e. The van der Waals surface area contributed by atoms with E-state index in [0.29, 0.717) is 0 Å². The molecule has 0 spiro atoms. The molecule has 1 fully saturated rings. The summed E-state index contributed by atoms with van der Waals surface area (Å²) in [5.41, 5.74) is 1.44. The van der Waals surface area contributed by atoms with Gasteiger partial charge in [-0.2, -0.15) is 0 Å². The van der Waals surface area contributed by atoms with Gasteiger partial charge in [-0.3, -0.25) is 4.79 Å². The molecule has 0 radical (unpaired) electrons. The predicted octanol–water partition coefficient (Wildman–Crippen LogP) is 1.78. The quantitative estimate of drug-likeness (QED) is 0.864. The number of carbonyl (C=O) groups excluding carboxylic acids is 1. The van der Waals surface area contributed by atoms with Crippen LogP contribution in [0, 0.1) is 12.3 Å². The van der Waals surface area contributed by atoms with E-state index < -0.39 is 5.41 Å². The number of piperazine rings is 1. The number of aryl methyl sites for hydroxylation is 1. The van der Waals surface area contributed by atoms with E-state index in [4.69, 9.17) is 0 Å². The van der Waals surface area contributed by atoms with Crippen LogP contribution in [0.4, 0.5) is 11.5 Å². The van der Waals surface area contributed by atoms with Crippen LogP contribution in [0.1, 0.15) is 26.3 Å². The molecule has 0 aliphatic carbocycles. The predicted molar refractivity (Wildman–Crippen MR) is 82.1 cm³/mol. The second-order valence-corrected chi connectivity index (χ2v) is 6.30. The van der Waals surface area contributed by atoms with Crippen LogP contribution >= 0.6 is 0 Å². The number of nitrogens with zero attached hydrogens (tertiary/aromatic N) is 2. The average molecular weight is 276 g/mol. The Hall–Kier alpha value is -1.62. The third-order valence-corrected chi connectivity index (χ3v) is 3.47. The summed E-state index contributed by atoms with van der Waals surface area (Å²) in [4.78, 5) is 18.8. The maximum atomic E-state index is 12.0. The molecule has 2 heterocycles. The Morgan fingerprint density at radius 1 is 1.35 bits per heavy atom. The van der Waals surface area contributed by atoms with E-state index in [-0.39, 0.29) is 5.91 Å². The first-order chi connectivity index (χ1) is 9.38. The molecular weight excluding hydrogens is 252 g/mol. The number of nitrogens with one attached hydrogen (secondary N) is 2. The van der Waals surface area contributed by atoms with E-state index >= 15 is 0 Å². The van der Waals surface area contributed by atoms with Crippen molar-refractivity contribution >= 4 is 17.4 Å². The molecule has 1 amide bonds. The first-order valence-electron chi connectivity index (χ1n) is 7.12. The van der Waals surface area contributed by atoms with Crippen molar-refractivity contribution in [2.24, 2.45) is 5.41 Å². The van der Waals surface area contributed by atoms with Crippen molar-refractivity contribution in [3.8, 4) is 0 Å². The van der Waals surface area contributed by atoms with Crippen molar-refractivity contribution < 1.29 is 4.79 Å². The smallest absolute Gasteiger partial charge is 0.229 e. The van der Waals surface area contributed by atoms with Gasteiger partial charge in [0.05, 0.1) is 11.9 Å². The van der Waals surface area contributed by atoms with Crippen LogP contribution < -0.4 is 15.5 Å². The van der Waals surface area contributed by atoms with Crippen molar-refractivity contribution in [2.45, 2.75) is 27.7 Å². The summed E-state index contributed by atoms with van der Waals surface area (Å²) < 4.78 is 0. The molecule has 2 rings (SSSR count). The van der Waals surface area contributed by atoms with Gasteiger partial charge in [0, 0.05) is 31.6 Å². The lowest BCUT2D eigenvalue weighted by Gasteiger charge is -2.29. The second kappa shape index (κ2) is 5.79. The molecule has 5 nitrogen and oxygen atoms in total. The molecule has 1 aromatic heterocycles. The molecule has 0 bridgehead atoms. The van der Waals surface area contributed by atoms with Gasteiger partial charge in [0.25, 0.3) is 0 Å². The van der Waals surface area contributed by atoms with Gasteiger partial charge in [0.1, 0.15) is 5.82 Å². The Kier molecular flexibility index (Phi) is 4.28. The highest BCUT2D eigenvalue weighted by Crippen LogP contribution is 2.22. The van der Waals surface area contributed by atoms with E-state index in [9.17, 15) is 4.79 Å². The van der Waals surface area contributed by atoms with Crippen molar-refractivity contribution in [3.05, 3.63) is 17.8 Å². The minimum atomic E-state index is -0.399. The maximum Gasteiger partial charge on any atom is 0.229 e. The maximum absolute atomic E-state index is 12.0. The molecule has 5 heteroatoms. The number of hydrogen-bond acceptors (Lipinski definition) is 4. The average Bonchev–Trinajstić information content (AvgIpc) is 2.41. The normalized spacial score (nSPS) is 16.1. The molecule has 2 N–H and O–H groups in total. The summed E-state index contributed by atoms with van der Waals surface area (Å²) in [5.74, 6) is 0.995. The van der Waals surface area contributed by atoms with E-state index in [2.05, 4.69) is 20.5 Å². The molecule has 0 atom stereocenters. The van der Waals surface area contributed by atoms with Gasteiger partial charge in [-0.15, -0.1) is 0 Å². The van der Waals surface area contributed by atoms with Crippen LogP contribution in [0.15, 0.2) is 12.3 Å². The molecule has 1 aliphatic rings. The van der Waals surface area contributed by atoms with Gasteiger partial charge in [-0.05, 0) is 18.6 Å². The third-order valence-electron chi connectivity index (χ3n) is 3.47. The Morgan fingerprint density at radius 2 is 2.00 bits per heavy atom. The van der Waals surface area contributed by atoms with Crippen molar-refractivity contribution in [2.75, 3.05) is 36.4 Å². The molecule has 1 aromatic rings. The van der Waals surface area contributed by atoms with E-state index in [1.54, 1.807) is 6.20 Å². The third kappa shape index (κ3) is 3.48. The van der Waals surface area contributed by atoms with Crippen LogP contribution in [0.5, 0.6) is 0 Å². The topological polar surface area (TPSA) is 57.3 Å². The number of rotatable bonds is 2.